The highest BCUT2D eigenvalue weighted by Gasteiger charge is 2.44. The minimum atomic E-state index is -1.42. The number of fused-ring (bicyclic) bond motifs is 1. The summed E-state index contributed by atoms with van der Waals surface area (Å²) in [7, 11) is 0. The highest BCUT2D eigenvalue weighted by atomic mass is 79.9. The van der Waals surface area contributed by atoms with Crippen molar-refractivity contribution >= 4 is 48.8 Å². The number of aromatic hydroxyl groups is 1. The van der Waals surface area contributed by atoms with E-state index in [0.29, 0.717) is 21.3 Å². The van der Waals surface area contributed by atoms with Gasteiger partial charge in [0.15, 0.2) is 17.7 Å². The Morgan fingerprint density at radius 2 is 1.90 bits per heavy atom. The van der Waals surface area contributed by atoms with E-state index < -0.39 is 36.8 Å². The van der Waals surface area contributed by atoms with Crippen molar-refractivity contribution in [2.24, 2.45) is 0 Å². The number of benzene rings is 1. The van der Waals surface area contributed by atoms with Gasteiger partial charge in [-0.3, -0.25) is 0 Å². The number of nitrogens with one attached hydrogen (secondary N) is 2. The van der Waals surface area contributed by atoms with Gasteiger partial charge in [0, 0.05) is 6.54 Å². The molecule has 13 heteroatoms. The second-order valence-corrected chi connectivity index (χ2v) is 8.42. The van der Waals surface area contributed by atoms with Gasteiger partial charge in [0.05, 0.1) is 15.6 Å². The zero-order valence-electron chi connectivity index (χ0n) is 15.2. The van der Waals surface area contributed by atoms with Crippen LogP contribution >= 0.6 is 31.9 Å². The lowest BCUT2D eigenvalue weighted by Crippen LogP contribution is -2.34. The van der Waals surface area contributed by atoms with Gasteiger partial charge in [0.1, 0.15) is 35.9 Å². The molecule has 3 heterocycles. The summed E-state index contributed by atoms with van der Waals surface area (Å²) in [4.78, 5) is 23.5. The van der Waals surface area contributed by atoms with Gasteiger partial charge in [-0.05, 0) is 49.6 Å². The molecule has 1 aliphatic heterocycles. The van der Waals surface area contributed by atoms with Crippen LogP contribution in [0.5, 0.6) is 5.75 Å². The molecule has 4 atom stereocenters. The molecule has 0 unspecified atom stereocenters. The van der Waals surface area contributed by atoms with Gasteiger partial charge in [-0.2, -0.15) is 0 Å². The summed E-state index contributed by atoms with van der Waals surface area (Å²) in [5.74, 6) is 0.422. The van der Waals surface area contributed by atoms with E-state index in [4.69, 9.17) is 4.74 Å². The Kier molecular flexibility index (Phi) is 5.83. The van der Waals surface area contributed by atoms with Crippen molar-refractivity contribution in [1.29, 1.82) is 0 Å². The quantitative estimate of drug-likeness (QED) is 0.268. The largest absolute Gasteiger partial charge is 0.506 e. The number of halogens is 2. The molecule has 0 radical (unpaired) electrons. The van der Waals surface area contributed by atoms with Crippen molar-refractivity contribution < 1.29 is 25.2 Å². The number of phenolic OH excluding ortho intramolecular Hbond substituents is 1. The maximum Gasteiger partial charge on any atom is 0.330 e. The van der Waals surface area contributed by atoms with Crippen molar-refractivity contribution in [2.45, 2.75) is 31.1 Å². The molecule has 160 valence electrons. The number of H-pyrrole nitrogens is 1. The van der Waals surface area contributed by atoms with Crippen molar-refractivity contribution in [3.05, 3.63) is 43.5 Å². The molecule has 0 amide bonds. The average Bonchev–Trinajstić information content (AvgIpc) is 3.20. The minimum Gasteiger partial charge on any atom is -0.506 e. The van der Waals surface area contributed by atoms with Crippen molar-refractivity contribution in [2.75, 3.05) is 11.9 Å². The standard InChI is InChI=1S/C17H17Br2N5O6/c18-7-1-6(2-8(19)11(7)26)3-20-14-10-15(22-5-21-14)24(17(29)23-10)16-13(28)12(27)9(4-25)30-16/h1-2,5,9,12-13,16,25-28H,3-4H2,(H,23,29)(H,20,21,22)/t9-,12-,13-,16-/m1/s1. The van der Waals surface area contributed by atoms with Crippen LogP contribution in [0.2, 0.25) is 0 Å². The van der Waals surface area contributed by atoms with Gasteiger partial charge in [-0.1, -0.05) is 0 Å². The lowest BCUT2D eigenvalue weighted by Gasteiger charge is -2.15. The lowest BCUT2D eigenvalue weighted by molar-refractivity contribution is -0.0524. The maximum absolute atomic E-state index is 12.6. The van der Waals surface area contributed by atoms with Crippen LogP contribution in [-0.4, -0.2) is 64.9 Å². The van der Waals surface area contributed by atoms with E-state index in [2.05, 4.69) is 52.1 Å². The number of aromatic amines is 1. The fraction of sp³-hybridized carbons (Fsp3) is 0.353. The predicted octanol–water partition coefficient (Wildman–Crippen LogP) is 0.574. The first-order chi connectivity index (χ1) is 14.3. The number of aromatic nitrogens is 4. The van der Waals surface area contributed by atoms with E-state index in [1.54, 1.807) is 12.1 Å². The fourth-order valence-corrected chi connectivity index (χ4v) is 4.59. The number of hydrogen-bond acceptors (Lipinski definition) is 9. The van der Waals surface area contributed by atoms with Gasteiger partial charge in [-0.15, -0.1) is 0 Å². The first kappa shape index (κ1) is 21.2. The van der Waals surface area contributed by atoms with Crippen molar-refractivity contribution in [3.63, 3.8) is 0 Å². The molecular formula is C17H17Br2N5O6. The van der Waals surface area contributed by atoms with E-state index >= 15 is 0 Å². The molecule has 1 aliphatic rings. The van der Waals surface area contributed by atoms with E-state index in [9.17, 15) is 25.2 Å². The SMILES string of the molecule is O=c1[nH]c2c(NCc3cc(Br)c(O)c(Br)c3)ncnc2n1[C@@H]1O[C@H](CO)[C@@H](O)[C@H]1O. The summed E-state index contributed by atoms with van der Waals surface area (Å²) < 4.78 is 7.57. The molecule has 0 saturated carbocycles. The molecule has 3 aromatic rings. The molecule has 1 aromatic carbocycles. The number of phenols is 1. The van der Waals surface area contributed by atoms with Gasteiger partial charge < -0.3 is 35.5 Å². The van der Waals surface area contributed by atoms with Crippen LogP contribution in [0.15, 0.2) is 32.2 Å². The molecule has 0 bridgehead atoms. The second kappa shape index (κ2) is 8.24. The number of aliphatic hydroxyl groups is 3. The number of ether oxygens (including phenoxy) is 1. The highest BCUT2D eigenvalue weighted by molar-refractivity contribution is 9.11. The third-order valence-electron chi connectivity index (χ3n) is 4.81. The smallest absolute Gasteiger partial charge is 0.330 e. The summed E-state index contributed by atoms with van der Waals surface area (Å²) in [5, 5.41) is 42.5. The van der Waals surface area contributed by atoms with Gasteiger partial charge >= 0.3 is 5.69 Å². The number of rotatable bonds is 5. The first-order valence-corrected chi connectivity index (χ1v) is 10.4. The van der Waals surface area contributed by atoms with E-state index in [0.717, 1.165) is 10.1 Å². The number of nitrogens with zero attached hydrogens (tertiary/aromatic N) is 3. The topological polar surface area (TPSA) is 166 Å². The van der Waals surface area contributed by atoms with Crippen molar-refractivity contribution in [1.82, 2.24) is 19.5 Å². The Morgan fingerprint density at radius 1 is 1.20 bits per heavy atom. The first-order valence-electron chi connectivity index (χ1n) is 8.80. The molecule has 6 N–H and O–H groups in total. The van der Waals surface area contributed by atoms with Crippen LogP contribution in [0.25, 0.3) is 11.2 Å². The summed E-state index contributed by atoms with van der Waals surface area (Å²) in [6.07, 6.45) is -3.75. The number of hydrogen-bond donors (Lipinski definition) is 6. The van der Waals surface area contributed by atoms with E-state index in [1.165, 1.54) is 6.33 Å². The average molecular weight is 547 g/mol. The number of imidazole rings is 1. The third-order valence-corrected chi connectivity index (χ3v) is 6.02. The fourth-order valence-electron chi connectivity index (χ4n) is 3.31. The third kappa shape index (κ3) is 3.61. The monoisotopic (exact) mass is 545 g/mol. The minimum absolute atomic E-state index is 0.0862. The van der Waals surface area contributed by atoms with Gasteiger partial charge in [0.2, 0.25) is 0 Å². The Balaban J connectivity index is 1.66. The number of aliphatic hydroxyl groups excluding tert-OH is 3. The zero-order chi connectivity index (χ0) is 21.6. The van der Waals surface area contributed by atoms with E-state index in [1.807, 2.05) is 0 Å². The molecule has 30 heavy (non-hydrogen) atoms. The Morgan fingerprint density at radius 3 is 2.53 bits per heavy atom. The summed E-state index contributed by atoms with van der Waals surface area (Å²) in [5.41, 5.74) is 0.666. The highest BCUT2D eigenvalue weighted by Crippen LogP contribution is 2.34. The Hall–Kier alpha value is -2.03. The summed E-state index contributed by atoms with van der Waals surface area (Å²) in [6.45, 7) is -0.184. The van der Waals surface area contributed by atoms with Crippen LogP contribution < -0.4 is 11.0 Å². The van der Waals surface area contributed by atoms with Crippen LogP contribution in [0.4, 0.5) is 5.82 Å². The van der Waals surface area contributed by atoms with Crippen LogP contribution in [0.1, 0.15) is 11.8 Å². The molecule has 2 aromatic heterocycles. The summed E-state index contributed by atoms with van der Waals surface area (Å²) >= 11 is 6.55. The zero-order valence-corrected chi connectivity index (χ0v) is 18.3. The van der Waals surface area contributed by atoms with Crippen LogP contribution in [0, 0.1) is 0 Å². The van der Waals surface area contributed by atoms with Crippen molar-refractivity contribution in [3.8, 4) is 5.75 Å². The number of anilines is 1. The summed E-state index contributed by atoms with van der Waals surface area (Å²) in [6, 6.07) is 3.47. The molecule has 0 aliphatic carbocycles. The lowest BCUT2D eigenvalue weighted by atomic mass is 10.1. The molecular weight excluding hydrogens is 530 g/mol. The molecule has 4 rings (SSSR count). The van der Waals surface area contributed by atoms with Crippen LogP contribution in [0.3, 0.4) is 0 Å². The molecule has 0 spiro atoms. The van der Waals surface area contributed by atoms with Gasteiger partial charge in [0.25, 0.3) is 0 Å². The van der Waals surface area contributed by atoms with Gasteiger partial charge in [-0.25, -0.2) is 19.3 Å². The Bertz CT molecular complexity index is 1130. The molecule has 11 nitrogen and oxygen atoms in total. The molecule has 1 saturated heterocycles. The normalized spacial score (nSPS) is 23.9. The van der Waals surface area contributed by atoms with Crippen LogP contribution in [-0.2, 0) is 11.3 Å². The predicted molar refractivity (Wildman–Crippen MR) is 112 cm³/mol. The maximum atomic E-state index is 12.6. The van der Waals surface area contributed by atoms with E-state index in [-0.39, 0.29) is 16.9 Å². The second-order valence-electron chi connectivity index (χ2n) is 6.71. The Labute approximate surface area is 185 Å². The molecule has 1 fully saturated rings.